The fourth-order valence-corrected chi connectivity index (χ4v) is 13.0. The number of carbonyl (C=O) groups excluding carboxylic acids is 4. The monoisotopic (exact) mass is 2070 g/mol. The van der Waals surface area contributed by atoms with Gasteiger partial charge in [-0.1, -0.05) is 50.2 Å². The number of carbonyl (C=O) groups is 4. The predicted molar refractivity (Wildman–Crippen MR) is 566 cm³/mol. The normalized spacial score (nSPS) is 14.0. The molecule has 10 heterocycles. The third-order valence-corrected chi connectivity index (χ3v) is 23.8. The molecule has 40 heteroatoms. The zero-order chi connectivity index (χ0) is 105. The molecule has 764 valence electrons. The summed E-state index contributed by atoms with van der Waals surface area (Å²) in [5.74, 6) is 9.01. The average Bonchev–Trinajstić information content (AvgIpc) is 1.61. The summed E-state index contributed by atoms with van der Waals surface area (Å²) < 4.78 is 91.1. The highest BCUT2D eigenvalue weighted by Gasteiger charge is 2.37. The fraction of sp³-hybridized carbons (Fsp3) is 0.267. The molecule has 0 aliphatic carbocycles. The largest absolute Gasteiger partial charge is 0.506 e. The first-order chi connectivity index (χ1) is 68.7. The minimum absolute atomic E-state index is 0. The van der Waals surface area contributed by atoms with E-state index in [9.17, 15) is 36.2 Å². The number of nitrogens with one attached hydrogen (secondary N) is 2. The molecule has 8 atom stereocenters. The first-order valence-electron chi connectivity index (χ1n) is 45.3. The number of aldehydes is 2. The van der Waals surface area contributed by atoms with Crippen molar-refractivity contribution in [2.75, 3.05) is 28.3 Å². The number of benzene rings is 6. The van der Waals surface area contributed by atoms with Gasteiger partial charge in [0.05, 0.1) is 91.5 Å². The molecule has 16 rings (SSSR count). The van der Waals surface area contributed by atoms with E-state index < -0.39 is 45.1 Å². The zero-order valence-electron chi connectivity index (χ0n) is 83.1. The van der Waals surface area contributed by atoms with Crippen molar-refractivity contribution in [3.8, 4) is 63.2 Å². The van der Waals surface area contributed by atoms with Crippen LogP contribution in [-0.2, 0) is 42.4 Å². The predicted octanol–water partition coefficient (Wildman–Crippen LogP) is 22.4. The highest BCUT2D eigenvalue weighted by molar-refractivity contribution is 7.85. The van der Waals surface area contributed by atoms with Gasteiger partial charge in [0.15, 0.2) is 0 Å². The number of halogens is 3. The molecule has 0 bridgehead atoms. The van der Waals surface area contributed by atoms with Crippen molar-refractivity contribution in [1.29, 1.82) is 0 Å². The van der Waals surface area contributed by atoms with Gasteiger partial charge in [-0.25, -0.2) is 46.1 Å². The molecule has 145 heavy (non-hydrogen) atoms. The molecule has 8 aromatic heterocycles. The van der Waals surface area contributed by atoms with Crippen LogP contribution in [0, 0.1) is 19.7 Å². The SMILES string of the molecule is CC(C)(C)S(=O)N=Cc1ccc(Oc2cccnc2)cc1.CC(C)(C)[S@](N)=O.CC[C@H]1COC(=O)N1c1nc(C)nc(Cl)n1.CC[C@H]1COC(=O)N1c1nc(C)nc(N[C@@H](C)c2ccc(Oc3cccnc3)cc2)n1.C[C@H](N)c1ccc(Oc2cccnc2)cc1.C[C@H](NS(=O)C(C)(C)C)c1ccc(Oc2cccnc2)cc1.Cl.O=Cc1ccc(F)cc1.O=Cc1ccc(Oc2cccnc2)cc1.Oc1cccnc1. The highest BCUT2D eigenvalue weighted by Crippen LogP contribution is 2.31. The Balaban J connectivity index is 0.000000228. The first kappa shape index (κ1) is 117. The van der Waals surface area contributed by atoms with Crippen LogP contribution >= 0.6 is 24.0 Å². The fourth-order valence-electron chi connectivity index (χ4n) is 11.5. The number of aryl methyl sites for hydroxylation is 2. The van der Waals surface area contributed by atoms with Gasteiger partial charge in [0.25, 0.3) is 0 Å². The highest BCUT2D eigenvalue weighted by atomic mass is 35.5. The molecule has 2 aliphatic rings. The molecule has 0 spiro atoms. The second-order valence-corrected chi connectivity index (χ2v) is 40.2. The number of hydrogen-bond acceptors (Lipinski definition) is 29. The number of rotatable bonds is 25. The van der Waals surface area contributed by atoms with Crippen LogP contribution in [0.2, 0.25) is 5.28 Å². The van der Waals surface area contributed by atoms with E-state index in [1.165, 1.54) is 40.3 Å². The lowest BCUT2D eigenvalue weighted by molar-refractivity contribution is 0.111. The number of nitrogens with zero attached hydrogens (tertiary/aromatic N) is 15. The topological polar surface area (TPSA) is 454 Å². The molecule has 2 unspecified atom stereocenters. The van der Waals surface area contributed by atoms with Gasteiger partial charge in [0.2, 0.25) is 23.1 Å². The smallest absolute Gasteiger partial charge is 0.417 e. The van der Waals surface area contributed by atoms with Crippen LogP contribution in [0.4, 0.5) is 31.8 Å². The van der Waals surface area contributed by atoms with E-state index in [2.05, 4.69) is 74.2 Å². The minimum atomic E-state index is -1.24. The van der Waals surface area contributed by atoms with Crippen LogP contribution in [0.1, 0.15) is 183 Å². The van der Waals surface area contributed by atoms with Crippen molar-refractivity contribution in [3.05, 3.63) is 349 Å². The number of nitrogens with two attached hydrogens (primary N) is 2. The van der Waals surface area contributed by atoms with E-state index in [1.54, 1.807) is 131 Å². The van der Waals surface area contributed by atoms with E-state index in [-0.39, 0.29) is 79.7 Å². The van der Waals surface area contributed by atoms with Crippen LogP contribution in [0.15, 0.2) is 297 Å². The molecule has 2 fully saturated rings. The van der Waals surface area contributed by atoms with E-state index in [1.807, 2.05) is 249 Å². The number of amides is 2. The van der Waals surface area contributed by atoms with E-state index >= 15 is 0 Å². The number of aromatic nitrogens is 12. The second kappa shape index (κ2) is 60.0. The van der Waals surface area contributed by atoms with Crippen molar-refractivity contribution >= 4 is 106 Å². The van der Waals surface area contributed by atoms with Gasteiger partial charge in [0, 0.05) is 66.6 Å². The van der Waals surface area contributed by atoms with Crippen molar-refractivity contribution in [2.45, 2.75) is 168 Å². The number of anilines is 3. The Morgan fingerprint density at radius 3 is 1.10 bits per heavy atom. The number of pyridine rings is 6. The van der Waals surface area contributed by atoms with Crippen LogP contribution < -0.4 is 54.4 Å². The molecule has 2 saturated heterocycles. The molecular weight excluding hydrogens is 1950 g/mol. The third-order valence-electron chi connectivity index (χ3n) is 19.4. The average molecular weight is 2070 g/mol. The lowest BCUT2D eigenvalue weighted by atomic mass is 10.1. The van der Waals surface area contributed by atoms with E-state index in [0.29, 0.717) is 82.9 Å². The van der Waals surface area contributed by atoms with Gasteiger partial charge in [-0.3, -0.25) is 44.6 Å². The molecular formula is C105H120Cl2FN19O15S3. The Labute approximate surface area is 862 Å². The van der Waals surface area contributed by atoms with Gasteiger partial charge in [-0.2, -0.15) is 29.3 Å². The summed E-state index contributed by atoms with van der Waals surface area (Å²) >= 11 is 5.73. The summed E-state index contributed by atoms with van der Waals surface area (Å²) in [6.07, 6.45) is 23.6. The number of hydrogen-bond donors (Lipinski definition) is 5. The number of ether oxygens (including phenoxy) is 7. The molecule has 0 radical (unpaired) electrons. The van der Waals surface area contributed by atoms with Crippen LogP contribution in [0.25, 0.3) is 0 Å². The Bertz CT molecular complexity index is 6330. The minimum Gasteiger partial charge on any atom is -0.506 e. The number of aromatic hydroxyl groups is 1. The lowest BCUT2D eigenvalue weighted by Gasteiger charge is -2.22. The van der Waals surface area contributed by atoms with Crippen LogP contribution in [0.5, 0.6) is 63.2 Å². The molecule has 7 N–H and O–H groups in total. The van der Waals surface area contributed by atoms with Gasteiger partial charge in [-0.15, -0.1) is 12.4 Å². The van der Waals surface area contributed by atoms with Crippen LogP contribution in [-0.4, -0.2) is 148 Å². The van der Waals surface area contributed by atoms with Crippen molar-refractivity contribution in [1.82, 2.24) is 64.5 Å². The Kier molecular flexibility index (Phi) is 48.5. The van der Waals surface area contributed by atoms with Gasteiger partial charge in [0.1, 0.15) is 117 Å². The van der Waals surface area contributed by atoms with Crippen molar-refractivity contribution in [3.63, 3.8) is 0 Å². The molecule has 2 amide bonds. The Morgan fingerprint density at radius 2 is 0.793 bits per heavy atom. The first-order valence-corrected chi connectivity index (χ1v) is 49.1. The standard InChI is InChI=1S/C22H24N6O3.C17H22N2O2S.C16H18N2O2S.C13H14N2O.C12H9NO2.C9H11ClN4O2.C7H5FO.C5H5NO.C4H11NOS.ClH/c1-4-17-13-30-22(29)28(17)21-26-15(3)25-20(27-21)24-14(2)16-7-9-18(10-8-16)31-19-6-5-11-23-12-19;1-13(19-22(20)17(2,3)4)14-7-9-15(10-8-14)21-16-6-5-11-18-12-16;1-16(2,3)21(19)18-11-13-6-8-14(9-7-13)20-15-5-4-10-17-12-15;1-10(14)11-4-6-12(7-5-11)16-13-3-2-8-15-9-13;14-9-10-3-5-11(6-4-10)15-12-2-1-7-13-8-12;1-3-6-4-16-9(15)14(6)8-12-5(2)11-7(10)13-8;8-7-3-1-6(5-9)2-4-7;7-5-2-1-3-6-4-5;1-4(2,3)7(5)6;/h5-12,14,17H,4,13H2,1-3H3,(H,24,25,26,27);5-13,19H,1-4H3;4-12H,1-3H3;2-10H,14H2,1H3;1-9H;6H,3-4H2,1-2H3;1-5H;1-4,7H;5H2,1-3H3;1H/t14-,17-;13-,22?;;10-;;6-;;;7-;/m00.0.0..1./s1. The molecule has 0 saturated carbocycles. The molecule has 34 nitrogen and oxygen atoms in total. The number of cyclic esters (lactones) is 2. The second-order valence-electron chi connectivity index (χ2n) is 34.2. The zero-order valence-corrected chi connectivity index (χ0v) is 87.1. The third kappa shape index (κ3) is 42.4. The Hall–Kier alpha value is -14.8. The summed E-state index contributed by atoms with van der Waals surface area (Å²) in [7, 11) is -3.52. The maximum absolute atomic E-state index is 12.1. The summed E-state index contributed by atoms with van der Waals surface area (Å²) in [4.78, 5) is 95.6. The van der Waals surface area contributed by atoms with Crippen LogP contribution in [0.3, 0.4) is 0 Å². The summed E-state index contributed by atoms with van der Waals surface area (Å²) in [5.41, 5.74) is 11.0. The lowest BCUT2D eigenvalue weighted by Crippen LogP contribution is -2.34. The summed E-state index contributed by atoms with van der Waals surface area (Å²) in [6, 6.07) is 64.4. The molecule has 2 aliphatic heterocycles. The van der Waals surface area contributed by atoms with Crippen molar-refractivity contribution in [2.24, 2.45) is 15.3 Å². The summed E-state index contributed by atoms with van der Waals surface area (Å²) in [5, 5.41) is 17.0. The van der Waals surface area contributed by atoms with Crippen molar-refractivity contribution < 1.29 is 74.5 Å². The van der Waals surface area contributed by atoms with Gasteiger partial charge < -0.3 is 49.3 Å². The quantitative estimate of drug-likeness (QED) is 0.0262. The van der Waals surface area contributed by atoms with E-state index in [4.69, 9.17) is 60.7 Å². The molecule has 6 aromatic carbocycles. The summed E-state index contributed by atoms with van der Waals surface area (Å²) in [6.45, 7) is 31.1. The Morgan fingerprint density at radius 1 is 0.462 bits per heavy atom. The van der Waals surface area contributed by atoms with Gasteiger partial charge >= 0.3 is 12.2 Å². The molecule has 14 aromatic rings. The van der Waals surface area contributed by atoms with E-state index in [0.717, 1.165) is 70.1 Å². The maximum atomic E-state index is 12.1. The maximum Gasteiger partial charge on any atom is 0.417 e. The van der Waals surface area contributed by atoms with Gasteiger partial charge in [-0.05, 0) is 326 Å².